The highest BCUT2D eigenvalue weighted by Gasteiger charge is 2.42. The van der Waals surface area contributed by atoms with Crippen molar-refractivity contribution >= 4 is 11.6 Å². The molecule has 0 saturated heterocycles. The maximum absolute atomic E-state index is 14.2. The molecule has 1 aliphatic carbocycles. The third kappa shape index (κ3) is 4.99. The fraction of sp³-hybridized carbons (Fsp3) is 0.444. The largest absolute Gasteiger partial charge is 0.391 e. The Labute approximate surface area is 153 Å². The van der Waals surface area contributed by atoms with E-state index >= 15 is 0 Å². The average molecular weight is 384 g/mol. The molecule has 0 spiro atoms. The van der Waals surface area contributed by atoms with Crippen LogP contribution >= 0.6 is 0 Å². The van der Waals surface area contributed by atoms with Gasteiger partial charge in [-0.25, -0.2) is 9.07 Å². The normalized spacial score (nSPS) is 20.3. The summed E-state index contributed by atoms with van der Waals surface area (Å²) >= 11 is 0. The summed E-state index contributed by atoms with van der Waals surface area (Å²) in [6.45, 7) is -0.145. The molecule has 0 unspecified atom stereocenters. The van der Waals surface area contributed by atoms with Crippen molar-refractivity contribution in [2.45, 2.75) is 37.9 Å². The smallest absolute Gasteiger partial charge is 0.376 e. The molecule has 1 amide bonds. The van der Waals surface area contributed by atoms with Gasteiger partial charge in [-0.2, -0.15) is 18.3 Å². The van der Waals surface area contributed by atoms with Crippen LogP contribution in [0.4, 0.5) is 23.2 Å². The molecule has 1 saturated carbocycles. The van der Waals surface area contributed by atoms with Gasteiger partial charge in [0.05, 0.1) is 12.5 Å². The summed E-state index contributed by atoms with van der Waals surface area (Å²) in [6.07, 6.45) is -0.107. The second-order valence-corrected chi connectivity index (χ2v) is 6.64. The van der Waals surface area contributed by atoms with Gasteiger partial charge >= 0.3 is 6.18 Å². The Balaban J connectivity index is 1.51. The Hall–Kier alpha value is -2.58. The molecule has 9 heteroatoms. The molecule has 1 fully saturated rings. The molecule has 2 aromatic rings. The Kier molecular flexibility index (Phi) is 5.67. The highest BCUT2D eigenvalue weighted by atomic mass is 19.4. The van der Waals surface area contributed by atoms with Gasteiger partial charge in [-0.3, -0.25) is 4.79 Å². The van der Waals surface area contributed by atoms with E-state index in [1.54, 1.807) is 18.3 Å². The molecule has 0 aliphatic heterocycles. The Morgan fingerprint density at radius 2 is 2.11 bits per heavy atom. The van der Waals surface area contributed by atoms with Gasteiger partial charge in [-0.15, -0.1) is 0 Å². The van der Waals surface area contributed by atoms with Crippen LogP contribution < -0.4 is 10.6 Å². The van der Waals surface area contributed by atoms with Crippen LogP contribution in [0.1, 0.15) is 25.7 Å². The van der Waals surface area contributed by atoms with E-state index in [0.29, 0.717) is 18.5 Å². The zero-order chi connectivity index (χ0) is 19.4. The fourth-order valence-electron chi connectivity index (χ4n) is 3.29. The molecule has 1 aromatic carbocycles. The van der Waals surface area contributed by atoms with Crippen molar-refractivity contribution in [1.82, 2.24) is 15.1 Å². The number of halogens is 4. The minimum absolute atomic E-state index is 0.0948. The predicted molar refractivity (Wildman–Crippen MR) is 92.0 cm³/mol. The molecular weight excluding hydrogens is 364 g/mol. The number of carbonyl (C=O) groups excluding carboxylic acids is 1. The maximum Gasteiger partial charge on any atom is 0.391 e. The van der Waals surface area contributed by atoms with Crippen molar-refractivity contribution in [3.63, 3.8) is 0 Å². The number of hydrogen-bond acceptors (Lipinski definition) is 3. The van der Waals surface area contributed by atoms with E-state index in [0.717, 1.165) is 0 Å². The number of aromatic nitrogens is 2. The van der Waals surface area contributed by atoms with Crippen LogP contribution in [0, 0.1) is 11.7 Å². The number of benzene rings is 1. The molecule has 0 bridgehead atoms. The van der Waals surface area contributed by atoms with Crippen molar-refractivity contribution in [3.8, 4) is 5.69 Å². The topological polar surface area (TPSA) is 59.0 Å². The number of nitrogens with zero attached hydrogens (tertiary/aromatic N) is 2. The molecule has 27 heavy (non-hydrogen) atoms. The fourth-order valence-corrected chi connectivity index (χ4v) is 3.29. The molecule has 2 atom stereocenters. The van der Waals surface area contributed by atoms with E-state index in [1.807, 2.05) is 0 Å². The standard InChI is InChI=1S/C18H20F4N4O/c19-15-10-13(5-6-16(15)26-8-2-7-24-26)23-11-17(27)25-14-4-1-3-12(9-14)18(20,21)22/h2,5-8,10,12,14,23H,1,3-4,9,11H2,(H,25,27)/t12-,14-/m1/s1. The second kappa shape index (κ2) is 7.98. The maximum atomic E-state index is 14.2. The minimum Gasteiger partial charge on any atom is -0.376 e. The summed E-state index contributed by atoms with van der Waals surface area (Å²) in [5.41, 5.74) is 0.672. The lowest BCUT2D eigenvalue weighted by molar-refractivity contribution is -0.184. The lowest BCUT2D eigenvalue weighted by Gasteiger charge is -2.31. The first-order chi connectivity index (χ1) is 12.8. The van der Waals surface area contributed by atoms with Crippen LogP contribution in [-0.4, -0.2) is 34.5 Å². The summed E-state index contributed by atoms with van der Waals surface area (Å²) in [7, 11) is 0. The quantitative estimate of drug-likeness (QED) is 0.774. The molecule has 2 N–H and O–H groups in total. The van der Waals surface area contributed by atoms with Crippen molar-refractivity contribution < 1.29 is 22.4 Å². The van der Waals surface area contributed by atoms with Gasteiger partial charge < -0.3 is 10.6 Å². The first kappa shape index (κ1) is 19.2. The monoisotopic (exact) mass is 384 g/mol. The summed E-state index contributed by atoms with van der Waals surface area (Å²) < 4.78 is 54.0. The van der Waals surface area contributed by atoms with Crippen LogP contribution in [0.25, 0.3) is 5.69 Å². The summed E-state index contributed by atoms with van der Waals surface area (Å²) in [4.78, 5) is 12.0. The van der Waals surface area contributed by atoms with Gasteiger partial charge in [0, 0.05) is 24.1 Å². The lowest BCUT2D eigenvalue weighted by Crippen LogP contribution is -2.43. The SMILES string of the molecule is O=C(CNc1ccc(-n2cccn2)c(F)c1)N[C@@H]1CCC[C@@H](C(F)(F)F)C1. The number of amides is 1. The van der Waals surface area contributed by atoms with Gasteiger partial charge in [0.1, 0.15) is 5.69 Å². The predicted octanol–water partition coefficient (Wildman–Crippen LogP) is 3.66. The third-order valence-corrected chi connectivity index (χ3v) is 4.65. The highest BCUT2D eigenvalue weighted by molar-refractivity contribution is 5.81. The second-order valence-electron chi connectivity index (χ2n) is 6.64. The van der Waals surface area contributed by atoms with E-state index in [1.165, 1.54) is 23.0 Å². The van der Waals surface area contributed by atoms with Gasteiger partial charge in [-0.1, -0.05) is 6.42 Å². The zero-order valence-electron chi connectivity index (χ0n) is 14.5. The van der Waals surface area contributed by atoms with Gasteiger partial charge in [0.25, 0.3) is 0 Å². The van der Waals surface area contributed by atoms with Crippen molar-refractivity contribution in [1.29, 1.82) is 0 Å². The summed E-state index contributed by atoms with van der Waals surface area (Å²) in [5.74, 6) is -2.29. The summed E-state index contributed by atoms with van der Waals surface area (Å²) in [5, 5.41) is 9.37. The molecule has 5 nitrogen and oxygen atoms in total. The van der Waals surface area contributed by atoms with E-state index < -0.39 is 29.9 Å². The third-order valence-electron chi connectivity index (χ3n) is 4.65. The molecular formula is C18H20F4N4O. The molecule has 1 aromatic heterocycles. The highest BCUT2D eigenvalue weighted by Crippen LogP contribution is 2.37. The number of anilines is 1. The van der Waals surface area contributed by atoms with Gasteiger partial charge in [-0.05, 0) is 43.5 Å². The average Bonchev–Trinajstić information content (AvgIpc) is 3.14. The van der Waals surface area contributed by atoms with Gasteiger partial charge in [0.15, 0.2) is 5.82 Å². The number of hydrogen-bond donors (Lipinski definition) is 2. The first-order valence-corrected chi connectivity index (χ1v) is 8.72. The van der Waals surface area contributed by atoms with Gasteiger partial charge in [0.2, 0.25) is 5.91 Å². The zero-order valence-corrected chi connectivity index (χ0v) is 14.5. The van der Waals surface area contributed by atoms with E-state index in [4.69, 9.17) is 0 Å². The van der Waals surface area contributed by atoms with Crippen LogP contribution in [0.2, 0.25) is 0 Å². The minimum atomic E-state index is -4.23. The number of nitrogens with one attached hydrogen (secondary N) is 2. The lowest BCUT2D eigenvalue weighted by atomic mass is 9.85. The Morgan fingerprint density at radius 1 is 1.30 bits per heavy atom. The number of alkyl halides is 3. The van der Waals surface area contributed by atoms with Crippen molar-refractivity contribution in [2.75, 3.05) is 11.9 Å². The van der Waals surface area contributed by atoms with E-state index in [9.17, 15) is 22.4 Å². The van der Waals surface area contributed by atoms with E-state index in [-0.39, 0.29) is 25.1 Å². The molecule has 1 heterocycles. The van der Waals surface area contributed by atoms with Crippen LogP contribution in [-0.2, 0) is 4.79 Å². The first-order valence-electron chi connectivity index (χ1n) is 8.72. The van der Waals surface area contributed by atoms with Crippen LogP contribution in [0.3, 0.4) is 0 Å². The van der Waals surface area contributed by atoms with E-state index in [2.05, 4.69) is 15.7 Å². The number of carbonyl (C=O) groups is 1. The van der Waals surface area contributed by atoms with Crippen LogP contribution in [0.15, 0.2) is 36.7 Å². The van der Waals surface area contributed by atoms with Crippen molar-refractivity contribution in [2.24, 2.45) is 5.92 Å². The summed E-state index contributed by atoms with van der Waals surface area (Å²) in [6, 6.07) is 5.55. The number of rotatable bonds is 5. The molecule has 146 valence electrons. The molecule has 1 aliphatic rings. The van der Waals surface area contributed by atoms with Crippen LogP contribution in [0.5, 0.6) is 0 Å². The van der Waals surface area contributed by atoms with Crippen molar-refractivity contribution in [3.05, 3.63) is 42.5 Å². The Bertz CT molecular complexity index is 776. The molecule has 0 radical (unpaired) electrons. The molecule has 3 rings (SSSR count). The Morgan fingerprint density at radius 3 is 2.78 bits per heavy atom.